The van der Waals surface area contributed by atoms with Crippen LogP contribution in [-0.2, 0) is 47.5 Å². The van der Waals surface area contributed by atoms with Gasteiger partial charge in [-0.25, -0.2) is 0 Å². The van der Waals surface area contributed by atoms with Crippen LogP contribution in [0.5, 0.6) is 0 Å². The van der Waals surface area contributed by atoms with E-state index >= 15 is 0 Å². The number of rotatable bonds is 5. The van der Waals surface area contributed by atoms with Crippen LogP contribution in [0.25, 0.3) is 0 Å². The van der Waals surface area contributed by atoms with Gasteiger partial charge in [0.15, 0.2) is 24.6 Å². The van der Waals surface area contributed by atoms with Gasteiger partial charge in [0.2, 0.25) is 0 Å². The molecule has 0 aliphatic carbocycles. The Kier molecular flexibility index (Phi) is 5.99. The normalized spacial score (nSPS) is 37.1. The molecule has 0 aromatic rings. The summed E-state index contributed by atoms with van der Waals surface area (Å²) < 4.78 is 37.6. The number of esters is 3. The van der Waals surface area contributed by atoms with E-state index in [0.717, 1.165) is 0 Å². The molecule has 0 aromatic carbocycles. The van der Waals surface area contributed by atoms with Crippen molar-refractivity contribution < 1.29 is 47.5 Å². The van der Waals surface area contributed by atoms with Crippen molar-refractivity contribution in [3.63, 3.8) is 0 Å². The number of carbonyl (C=O) groups excluding carboxylic acids is 3. The first-order valence-corrected chi connectivity index (χ1v) is 7.69. The average Bonchev–Trinajstić information content (AvgIpc) is 2.84. The maximum Gasteiger partial charge on any atom is 0.303 e. The highest BCUT2D eigenvalue weighted by Gasteiger charge is 2.59. The third-order valence-corrected chi connectivity index (χ3v) is 3.70. The van der Waals surface area contributed by atoms with E-state index in [9.17, 15) is 14.4 Å². The third kappa shape index (κ3) is 4.66. The molecule has 6 atom stereocenters. The second kappa shape index (κ2) is 7.65. The summed E-state index contributed by atoms with van der Waals surface area (Å²) in [4.78, 5) is 34.1. The highest BCUT2D eigenvalue weighted by Crippen LogP contribution is 2.39. The van der Waals surface area contributed by atoms with Crippen LogP contribution in [0.1, 0.15) is 27.7 Å². The predicted molar refractivity (Wildman–Crippen MR) is 77.8 cm³/mol. The largest absolute Gasteiger partial charge is 0.463 e. The van der Waals surface area contributed by atoms with Crippen molar-refractivity contribution in [1.82, 2.24) is 0 Å². The maximum atomic E-state index is 11.5. The van der Waals surface area contributed by atoms with E-state index in [1.54, 1.807) is 0 Å². The van der Waals surface area contributed by atoms with Crippen molar-refractivity contribution in [3.8, 4) is 0 Å². The zero-order valence-electron chi connectivity index (χ0n) is 14.7. The summed E-state index contributed by atoms with van der Waals surface area (Å²) in [5.41, 5.74) is 0. The Morgan fingerprint density at radius 2 is 1.56 bits per heavy atom. The quantitative estimate of drug-likeness (QED) is 0.484. The van der Waals surface area contributed by atoms with Crippen LogP contribution in [0.2, 0.25) is 0 Å². The van der Waals surface area contributed by atoms with Gasteiger partial charge in [0.05, 0.1) is 0 Å². The first-order chi connectivity index (χ1) is 11.6. The summed E-state index contributed by atoms with van der Waals surface area (Å²) in [6, 6.07) is 0. The van der Waals surface area contributed by atoms with Gasteiger partial charge in [0.1, 0.15) is 12.7 Å². The van der Waals surface area contributed by atoms with Crippen molar-refractivity contribution in [1.29, 1.82) is 0 Å². The molecular formula is C15H22O10. The summed E-state index contributed by atoms with van der Waals surface area (Å²) in [6.07, 6.45) is -4.86. The predicted octanol–water partition coefficient (Wildman–Crippen LogP) is -0.127. The number of hydrogen-bond acceptors (Lipinski definition) is 10. The van der Waals surface area contributed by atoms with Gasteiger partial charge in [0, 0.05) is 34.8 Å². The minimum Gasteiger partial charge on any atom is -0.463 e. The van der Waals surface area contributed by atoms with Crippen LogP contribution in [0.3, 0.4) is 0 Å². The lowest BCUT2D eigenvalue weighted by atomic mass is 9.98. The molecule has 0 spiro atoms. The van der Waals surface area contributed by atoms with E-state index in [1.165, 1.54) is 34.8 Å². The molecule has 2 fully saturated rings. The van der Waals surface area contributed by atoms with Crippen LogP contribution in [-0.4, -0.2) is 68.3 Å². The van der Waals surface area contributed by atoms with Gasteiger partial charge >= 0.3 is 17.9 Å². The summed E-state index contributed by atoms with van der Waals surface area (Å²) >= 11 is 0. The Morgan fingerprint density at radius 3 is 2.08 bits per heavy atom. The molecule has 0 unspecified atom stereocenters. The zero-order valence-corrected chi connectivity index (χ0v) is 14.7. The molecular weight excluding hydrogens is 340 g/mol. The van der Waals surface area contributed by atoms with Crippen LogP contribution < -0.4 is 0 Å². The highest BCUT2D eigenvalue weighted by molar-refractivity contribution is 5.67. The molecule has 25 heavy (non-hydrogen) atoms. The minimum atomic E-state index is -1.43. The molecule has 2 rings (SSSR count). The van der Waals surface area contributed by atoms with Crippen LogP contribution in [0.15, 0.2) is 0 Å². The van der Waals surface area contributed by atoms with Gasteiger partial charge in [-0.1, -0.05) is 0 Å². The van der Waals surface area contributed by atoms with Crippen molar-refractivity contribution in [2.45, 2.75) is 64.4 Å². The van der Waals surface area contributed by atoms with Gasteiger partial charge < -0.3 is 28.4 Å². The fourth-order valence-corrected chi connectivity index (χ4v) is 2.67. The van der Waals surface area contributed by atoms with Crippen molar-refractivity contribution in [2.24, 2.45) is 0 Å². The van der Waals surface area contributed by atoms with E-state index in [4.69, 9.17) is 33.2 Å². The Hall–Kier alpha value is -1.75. The maximum absolute atomic E-state index is 11.5. The van der Waals surface area contributed by atoms with E-state index in [0.29, 0.717) is 0 Å². The molecule has 0 saturated carbocycles. The summed E-state index contributed by atoms with van der Waals surface area (Å²) in [7, 11) is 1.37. The molecule has 0 radical (unpaired) electrons. The molecule has 10 nitrogen and oxygen atoms in total. The smallest absolute Gasteiger partial charge is 0.303 e. The number of hydrogen-bond donors (Lipinski definition) is 0. The number of carbonyl (C=O) groups is 3. The van der Waals surface area contributed by atoms with Gasteiger partial charge in [-0.3, -0.25) is 19.1 Å². The van der Waals surface area contributed by atoms with E-state index in [2.05, 4.69) is 0 Å². The fourth-order valence-electron chi connectivity index (χ4n) is 2.67. The van der Waals surface area contributed by atoms with Gasteiger partial charge in [-0.05, 0) is 0 Å². The Bertz CT molecular complexity index is 534. The van der Waals surface area contributed by atoms with Crippen LogP contribution in [0.4, 0.5) is 0 Å². The van der Waals surface area contributed by atoms with E-state index in [-0.39, 0.29) is 6.61 Å². The highest BCUT2D eigenvalue weighted by atomic mass is 16.9. The molecule has 0 N–H and O–H groups in total. The molecule has 142 valence electrons. The molecule has 10 heteroatoms. The second-order valence-electron chi connectivity index (χ2n) is 5.76. The third-order valence-electron chi connectivity index (χ3n) is 3.70. The first kappa shape index (κ1) is 19.6. The Morgan fingerprint density at radius 1 is 0.960 bits per heavy atom. The minimum absolute atomic E-state index is 0.221. The van der Waals surface area contributed by atoms with E-state index < -0.39 is 54.6 Å². The van der Waals surface area contributed by atoms with E-state index in [1.807, 2.05) is 0 Å². The fraction of sp³-hybridized carbons (Fsp3) is 0.800. The number of fused-ring (bicyclic) bond motifs is 1. The lowest BCUT2D eigenvalue weighted by Gasteiger charge is -2.40. The monoisotopic (exact) mass is 362 g/mol. The Balaban J connectivity index is 2.29. The molecule has 2 saturated heterocycles. The average molecular weight is 362 g/mol. The van der Waals surface area contributed by atoms with Gasteiger partial charge in [-0.2, -0.15) is 0 Å². The summed E-state index contributed by atoms with van der Waals surface area (Å²) in [6.45, 7) is 4.93. The zero-order chi connectivity index (χ0) is 18.8. The van der Waals surface area contributed by atoms with Crippen LogP contribution >= 0.6 is 0 Å². The van der Waals surface area contributed by atoms with Gasteiger partial charge in [0.25, 0.3) is 5.97 Å². The standard InChI is InChI=1S/C15H22O10/c1-7(16)20-6-10-11(21-8(2)17)12(22-9(3)18)13-14(23-10)25-15(4,19-5)24-13/h10-14H,6H2,1-5H3/t10-,11+,12-,13+,14+,15+/m1/s1. The lowest BCUT2D eigenvalue weighted by Crippen LogP contribution is -2.60. The first-order valence-electron chi connectivity index (χ1n) is 7.69. The number of methoxy groups -OCH3 is 1. The van der Waals surface area contributed by atoms with Crippen molar-refractivity contribution >= 4 is 17.9 Å². The molecule has 0 amide bonds. The number of ether oxygens (including phenoxy) is 7. The topological polar surface area (TPSA) is 116 Å². The van der Waals surface area contributed by atoms with Gasteiger partial charge in [-0.15, -0.1) is 0 Å². The second-order valence-corrected chi connectivity index (χ2v) is 5.76. The molecule has 2 aliphatic heterocycles. The van der Waals surface area contributed by atoms with Crippen LogP contribution in [0, 0.1) is 0 Å². The Labute approximate surface area is 144 Å². The summed E-state index contributed by atoms with van der Waals surface area (Å²) in [5.74, 6) is -3.19. The lowest BCUT2D eigenvalue weighted by molar-refractivity contribution is -0.334. The van der Waals surface area contributed by atoms with Crippen molar-refractivity contribution in [2.75, 3.05) is 13.7 Å². The van der Waals surface area contributed by atoms with Crippen molar-refractivity contribution in [3.05, 3.63) is 0 Å². The molecule has 0 bridgehead atoms. The molecule has 2 aliphatic rings. The SMILES string of the molecule is CO[C@]1(C)O[C@@H]2O[C@H](COC(C)=O)[C@H](OC(C)=O)[C@@H](OC(C)=O)[C@@H]2O1. The molecule has 2 heterocycles. The summed E-state index contributed by atoms with van der Waals surface area (Å²) in [5, 5.41) is 0. The molecule has 0 aromatic heterocycles.